The fourth-order valence-electron chi connectivity index (χ4n) is 1.13. The van der Waals surface area contributed by atoms with Crippen molar-refractivity contribution in [3.8, 4) is 17.2 Å². The molecule has 0 fully saturated rings. The number of phenolic OH excluding ortho intramolecular Hbond substituents is 2. The van der Waals surface area contributed by atoms with Gasteiger partial charge in [-0.25, -0.2) is 4.79 Å². The third-order valence-corrected chi connectivity index (χ3v) is 1.97. The maximum atomic E-state index is 10.3. The van der Waals surface area contributed by atoms with E-state index in [1.807, 2.05) is 6.07 Å². The lowest BCUT2D eigenvalue weighted by Gasteiger charge is -1.97. The Hall–Kier alpha value is -2.69. The first-order valence-corrected chi connectivity index (χ1v) is 5.00. The Morgan fingerprint density at radius 3 is 1.83 bits per heavy atom. The largest absolute Gasteiger partial charge is 0.508 e. The average Bonchev–Trinajstić information content (AvgIpc) is 2.30. The second-order valence-corrected chi connectivity index (χ2v) is 3.34. The lowest BCUT2D eigenvalue weighted by molar-refractivity contribution is 0.0693. The van der Waals surface area contributed by atoms with Gasteiger partial charge in [-0.3, -0.25) is 0 Å². The maximum Gasteiger partial charge on any atom is 0.339 e. The standard InChI is InChI=1S/C7H6O4.C6H6O/c8-4-1-2-5(7(10)11)6(9)3-4;7-6-4-2-1-3-5-6/h1-3,8-9H,(H,10,11);1-5,7H. The predicted molar refractivity (Wildman–Crippen MR) is 64.8 cm³/mol. The molecule has 5 heteroatoms. The van der Waals surface area contributed by atoms with E-state index in [0.717, 1.165) is 12.1 Å². The van der Waals surface area contributed by atoms with Crippen LogP contribution in [0.5, 0.6) is 17.2 Å². The zero-order valence-electron chi connectivity index (χ0n) is 9.32. The lowest BCUT2D eigenvalue weighted by Crippen LogP contribution is -1.95. The number of rotatable bonds is 1. The first-order chi connectivity index (χ1) is 8.50. The van der Waals surface area contributed by atoms with Crippen LogP contribution in [0.1, 0.15) is 10.4 Å². The Labute approximate surface area is 103 Å². The number of phenols is 3. The fraction of sp³-hybridized carbons (Fsp3) is 0. The summed E-state index contributed by atoms with van der Waals surface area (Å²) in [5.41, 5.74) is -0.220. The molecule has 2 rings (SSSR count). The molecule has 0 atom stereocenters. The molecule has 0 aliphatic rings. The van der Waals surface area contributed by atoms with Crippen molar-refractivity contribution in [2.75, 3.05) is 0 Å². The van der Waals surface area contributed by atoms with Crippen molar-refractivity contribution in [2.24, 2.45) is 0 Å². The highest BCUT2D eigenvalue weighted by molar-refractivity contribution is 5.90. The normalized spacial score (nSPS) is 9.11. The molecule has 0 spiro atoms. The molecule has 0 aliphatic carbocycles. The third-order valence-electron chi connectivity index (χ3n) is 1.97. The zero-order chi connectivity index (χ0) is 13.5. The van der Waals surface area contributed by atoms with Crippen LogP contribution in [0.2, 0.25) is 0 Å². The van der Waals surface area contributed by atoms with Gasteiger partial charge in [0, 0.05) is 6.07 Å². The Morgan fingerprint density at radius 1 is 0.833 bits per heavy atom. The number of carboxylic acids is 1. The minimum Gasteiger partial charge on any atom is -0.508 e. The van der Waals surface area contributed by atoms with Crippen LogP contribution in [-0.2, 0) is 0 Å². The summed E-state index contributed by atoms with van der Waals surface area (Å²) >= 11 is 0. The summed E-state index contributed by atoms with van der Waals surface area (Å²) in [6, 6.07) is 12.0. The highest BCUT2D eigenvalue weighted by Gasteiger charge is 2.08. The number of aromatic hydroxyl groups is 3. The molecule has 0 aromatic heterocycles. The number of aromatic carboxylic acids is 1. The van der Waals surface area contributed by atoms with Crippen molar-refractivity contribution in [1.82, 2.24) is 0 Å². The van der Waals surface area contributed by atoms with Crippen molar-refractivity contribution in [3.05, 3.63) is 54.1 Å². The van der Waals surface area contributed by atoms with Gasteiger partial charge in [0.15, 0.2) is 0 Å². The molecule has 18 heavy (non-hydrogen) atoms. The van der Waals surface area contributed by atoms with Crippen LogP contribution in [0.3, 0.4) is 0 Å². The van der Waals surface area contributed by atoms with E-state index in [1.165, 1.54) is 6.07 Å². The summed E-state index contributed by atoms with van der Waals surface area (Å²) in [5, 5.41) is 34.7. The van der Waals surface area contributed by atoms with Crippen LogP contribution >= 0.6 is 0 Å². The number of carbonyl (C=O) groups is 1. The minimum atomic E-state index is -1.22. The quantitative estimate of drug-likeness (QED) is 0.620. The molecule has 0 saturated heterocycles. The molecule has 2 aromatic rings. The van der Waals surface area contributed by atoms with Gasteiger partial charge in [0.1, 0.15) is 22.8 Å². The number of para-hydroxylation sites is 1. The molecular weight excluding hydrogens is 236 g/mol. The van der Waals surface area contributed by atoms with Crippen LogP contribution in [0.25, 0.3) is 0 Å². The van der Waals surface area contributed by atoms with Crippen LogP contribution in [0, 0.1) is 0 Å². The minimum absolute atomic E-state index is 0.160. The Kier molecular flexibility index (Phi) is 4.57. The number of carboxylic acid groups (broad SMARTS) is 1. The monoisotopic (exact) mass is 248 g/mol. The summed E-state index contributed by atoms with van der Waals surface area (Å²) in [4.78, 5) is 10.3. The summed E-state index contributed by atoms with van der Waals surface area (Å²) in [6.45, 7) is 0. The maximum absolute atomic E-state index is 10.3. The molecule has 5 nitrogen and oxygen atoms in total. The molecule has 0 heterocycles. The summed E-state index contributed by atoms with van der Waals surface area (Å²) in [6.07, 6.45) is 0. The number of benzene rings is 2. The third kappa shape index (κ3) is 4.05. The van der Waals surface area contributed by atoms with E-state index < -0.39 is 11.7 Å². The van der Waals surface area contributed by atoms with Gasteiger partial charge in [-0.1, -0.05) is 18.2 Å². The molecule has 0 radical (unpaired) electrons. The van der Waals surface area contributed by atoms with E-state index in [1.54, 1.807) is 24.3 Å². The summed E-state index contributed by atoms with van der Waals surface area (Å²) < 4.78 is 0. The molecule has 0 bridgehead atoms. The summed E-state index contributed by atoms with van der Waals surface area (Å²) in [5.74, 6) is -1.49. The highest BCUT2D eigenvalue weighted by Crippen LogP contribution is 2.21. The lowest BCUT2D eigenvalue weighted by atomic mass is 10.2. The number of hydrogen-bond acceptors (Lipinski definition) is 4. The second-order valence-electron chi connectivity index (χ2n) is 3.34. The van der Waals surface area contributed by atoms with Crippen molar-refractivity contribution >= 4 is 5.97 Å². The van der Waals surface area contributed by atoms with Gasteiger partial charge in [0.05, 0.1) is 0 Å². The first-order valence-electron chi connectivity index (χ1n) is 5.00. The SMILES string of the molecule is O=C(O)c1ccc(O)cc1O.Oc1ccccc1. The molecule has 4 N–H and O–H groups in total. The first kappa shape index (κ1) is 13.4. The van der Waals surface area contributed by atoms with Gasteiger partial charge < -0.3 is 20.4 Å². The van der Waals surface area contributed by atoms with Crippen molar-refractivity contribution in [2.45, 2.75) is 0 Å². The molecule has 0 unspecified atom stereocenters. The molecule has 0 saturated carbocycles. The van der Waals surface area contributed by atoms with Crippen molar-refractivity contribution < 1.29 is 25.2 Å². The van der Waals surface area contributed by atoms with Crippen LogP contribution < -0.4 is 0 Å². The van der Waals surface area contributed by atoms with Crippen LogP contribution in [0.15, 0.2) is 48.5 Å². The van der Waals surface area contributed by atoms with Gasteiger partial charge in [-0.2, -0.15) is 0 Å². The zero-order valence-corrected chi connectivity index (χ0v) is 9.32. The molecule has 0 aliphatic heterocycles. The Balaban J connectivity index is 0.000000199. The Morgan fingerprint density at radius 2 is 1.44 bits per heavy atom. The van der Waals surface area contributed by atoms with E-state index in [9.17, 15) is 4.79 Å². The van der Waals surface area contributed by atoms with Gasteiger partial charge in [0.2, 0.25) is 0 Å². The van der Waals surface area contributed by atoms with Gasteiger partial charge in [-0.15, -0.1) is 0 Å². The average molecular weight is 248 g/mol. The van der Waals surface area contributed by atoms with Gasteiger partial charge >= 0.3 is 5.97 Å². The van der Waals surface area contributed by atoms with Gasteiger partial charge in [-0.05, 0) is 24.3 Å². The van der Waals surface area contributed by atoms with Gasteiger partial charge in [0.25, 0.3) is 0 Å². The topological polar surface area (TPSA) is 98.0 Å². The van der Waals surface area contributed by atoms with Crippen LogP contribution in [0.4, 0.5) is 0 Å². The molecule has 0 amide bonds. The van der Waals surface area contributed by atoms with E-state index in [0.29, 0.717) is 5.75 Å². The molecular formula is C13H12O5. The van der Waals surface area contributed by atoms with E-state index in [4.69, 9.17) is 20.4 Å². The fourth-order valence-corrected chi connectivity index (χ4v) is 1.13. The Bertz CT molecular complexity index is 522. The van der Waals surface area contributed by atoms with E-state index in [2.05, 4.69) is 0 Å². The van der Waals surface area contributed by atoms with E-state index >= 15 is 0 Å². The van der Waals surface area contributed by atoms with E-state index in [-0.39, 0.29) is 11.3 Å². The van der Waals surface area contributed by atoms with Crippen molar-refractivity contribution in [3.63, 3.8) is 0 Å². The molecule has 94 valence electrons. The predicted octanol–water partition coefficient (Wildman–Crippen LogP) is 2.19. The summed E-state index contributed by atoms with van der Waals surface area (Å²) in [7, 11) is 0. The number of hydrogen-bond donors (Lipinski definition) is 4. The highest BCUT2D eigenvalue weighted by atomic mass is 16.4. The second kappa shape index (κ2) is 6.15. The molecule has 2 aromatic carbocycles. The van der Waals surface area contributed by atoms with Crippen LogP contribution in [-0.4, -0.2) is 26.4 Å². The smallest absolute Gasteiger partial charge is 0.339 e. The van der Waals surface area contributed by atoms with Crippen molar-refractivity contribution in [1.29, 1.82) is 0 Å².